The van der Waals surface area contributed by atoms with Gasteiger partial charge < -0.3 is 5.73 Å². The van der Waals surface area contributed by atoms with Crippen molar-refractivity contribution in [3.05, 3.63) is 29.0 Å². The Morgan fingerprint density at radius 1 is 1.50 bits per heavy atom. The van der Waals surface area contributed by atoms with Crippen molar-refractivity contribution in [2.45, 2.75) is 24.3 Å². The summed E-state index contributed by atoms with van der Waals surface area (Å²) in [7, 11) is -3.87. The van der Waals surface area contributed by atoms with Crippen LogP contribution in [0.25, 0.3) is 0 Å². The van der Waals surface area contributed by atoms with E-state index < -0.39 is 15.8 Å². The lowest BCUT2D eigenvalue weighted by molar-refractivity contribution is 0.401. The molecule has 4 nitrogen and oxygen atoms in total. The van der Waals surface area contributed by atoms with Crippen LogP contribution < -0.4 is 5.73 Å². The van der Waals surface area contributed by atoms with Gasteiger partial charge in [0, 0.05) is 17.6 Å². The van der Waals surface area contributed by atoms with Gasteiger partial charge in [0.05, 0.1) is 0 Å². The quantitative estimate of drug-likeness (QED) is 0.916. The minimum Gasteiger partial charge on any atom is -0.330 e. The Labute approximate surface area is 129 Å². The van der Waals surface area contributed by atoms with Crippen LogP contribution in [0.15, 0.2) is 23.1 Å². The molecular weight excluding hydrogens is 326 g/mol. The smallest absolute Gasteiger partial charge is 0.246 e. The van der Waals surface area contributed by atoms with Crippen molar-refractivity contribution in [1.82, 2.24) is 4.31 Å². The predicted octanol–water partition coefficient (Wildman–Crippen LogP) is 2.26. The molecule has 2 rings (SSSR count). The average molecular weight is 343 g/mol. The van der Waals surface area contributed by atoms with Gasteiger partial charge in [-0.3, -0.25) is 0 Å². The van der Waals surface area contributed by atoms with E-state index in [1.165, 1.54) is 10.4 Å². The molecule has 0 spiro atoms. The molecule has 2 atom stereocenters. The van der Waals surface area contributed by atoms with Crippen LogP contribution in [0.3, 0.4) is 0 Å². The molecule has 1 fully saturated rings. The van der Waals surface area contributed by atoms with E-state index in [1.807, 2.05) is 0 Å². The van der Waals surface area contributed by atoms with E-state index in [2.05, 4.69) is 0 Å². The van der Waals surface area contributed by atoms with Gasteiger partial charge in [-0.1, -0.05) is 11.6 Å². The Kier molecular flexibility index (Phi) is 5.80. The Morgan fingerprint density at radius 3 is 2.70 bits per heavy atom. The molecule has 2 N–H and O–H groups in total. The van der Waals surface area contributed by atoms with Gasteiger partial charge >= 0.3 is 0 Å². The lowest BCUT2D eigenvalue weighted by Crippen LogP contribution is -2.35. The van der Waals surface area contributed by atoms with Gasteiger partial charge in [0.15, 0.2) is 0 Å². The molecule has 1 heterocycles. The summed E-state index contributed by atoms with van der Waals surface area (Å²) in [5, 5.41) is 0.196. The lowest BCUT2D eigenvalue weighted by atomic mass is 10.1. The summed E-state index contributed by atoms with van der Waals surface area (Å²) in [6.07, 6.45) is 0.692. The van der Waals surface area contributed by atoms with E-state index in [0.29, 0.717) is 19.5 Å². The van der Waals surface area contributed by atoms with Crippen LogP contribution in [-0.4, -0.2) is 31.9 Å². The summed E-state index contributed by atoms with van der Waals surface area (Å²) in [5.74, 6) is -0.667. The molecule has 0 amide bonds. The number of hydrogen-bond donors (Lipinski definition) is 1. The molecule has 2 unspecified atom stereocenters. The van der Waals surface area contributed by atoms with Gasteiger partial charge in [0.25, 0.3) is 0 Å². The second-order valence-corrected chi connectivity index (χ2v) is 7.13. The molecule has 1 aliphatic rings. The highest BCUT2D eigenvalue weighted by atomic mass is 35.5. The van der Waals surface area contributed by atoms with E-state index in [-0.39, 0.29) is 34.3 Å². The van der Waals surface area contributed by atoms with Crippen LogP contribution in [0.2, 0.25) is 5.02 Å². The topological polar surface area (TPSA) is 63.4 Å². The minimum atomic E-state index is -3.87. The predicted molar refractivity (Wildman–Crippen MR) is 79.2 cm³/mol. The largest absolute Gasteiger partial charge is 0.330 e. The summed E-state index contributed by atoms with van der Waals surface area (Å²) in [6.45, 7) is 2.55. The minimum absolute atomic E-state index is 0. The normalized spacial score (nSPS) is 23.6. The molecule has 1 aromatic carbocycles. The summed E-state index contributed by atoms with van der Waals surface area (Å²) < 4.78 is 40.0. The van der Waals surface area contributed by atoms with Crippen LogP contribution in [0.4, 0.5) is 4.39 Å². The maximum absolute atomic E-state index is 13.7. The SMILES string of the molecule is CC1CC(CN)CN1S(=O)(=O)c1cc(Cl)ccc1F.Cl. The molecule has 1 aliphatic heterocycles. The summed E-state index contributed by atoms with van der Waals surface area (Å²) in [5.41, 5.74) is 5.58. The van der Waals surface area contributed by atoms with Crippen molar-refractivity contribution >= 4 is 34.0 Å². The monoisotopic (exact) mass is 342 g/mol. The van der Waals surface area contributed by atoms with Crippen LogP contribution >= 0.6 is 24.0 Å². The fourth-order valence-corrected chi connectivity index (χ4v) is 4.46. The molecule has 0 bridgehead atoms. The zero-order valence-electron chi connectivity index (χ0n) is 10.9. The van der Waals surface area contributed by atoms with Crippen LogP contribution in [0.5, 0.6) is 0 Å². The molecule has 8 heteroatoms. The van der Waals surface area contributed by atoms with Gasteiger partial charge in [-0.15, -0.1) is 12.4 Å². The Hall–Kier alpha value is -0.400. The molecule has 20 heavy (non-hydrogen) atoms. The van der Waals surface area contributed by atoms with E-state index >= 15 is 0 Å². The maximum atomic E-state index is 13.7. The third-order valence-corrected chi connectivity index (χ3v) is 5.65. The summed E-state index contributed by atoms with van der Waals surface area (Å²) in [4.78, 5) is -0.371. The first kappa shape index (κ1) is 17.7. The Morgan fingerprint density at radius 2 is 2.15 bits per heavy atom. The highest BCUT2D eigenvalue weighted by Gasteiger charge is 2.38. The second kappa shape index (κ2) is 6.58. The van der Waals surface area contributed by atoms with Crippen LogP contribution in [0.1, 0.15) is 13.3 Å². The molecule has 114 valence electrons. The van der Waals surface area contributed by atoms with E-state index in [1.54, 1.807) is 6.92 Å². The molecule has 1 aromatic rings. The van der Waals surface area contributed by atoms with Crippen molar-refractivity contribution in [2.75, 3.05) is 13.1 Å². The highest BCUT2D eigenvalue weighted by molar-refractivity contribution is 7.89. The first-order chi connectivity index (χ1) is 8.86. The first-order valence-electron chi connectivity index (χ1n) is 6.03. The number of hydrogen-bond acceptors (Lipinski definition) is 3. The van der Waals surface area contributed by atoms with Gasteiger partial charge in [0.1, 0.15) is 10.7 Å². The van der Waals surface area contributed by atoms with Crippen molar-refractivity contribution in [2.24, 2.45) is 11.7 Å². The maximum Gasteiger partial charge on any atom is 0.246 e. The molecular formula is C12H17Cl2FN2O2S. The van der Waals surface area contributed by atoms with Crippen molar-refractivity contribution < 1.29 is 12.8 Å². The summed E-state index contributed by atoms with van der Waals surface area (Å²) in [6, 6.07) is 3.36. The summed E-state index contributed by atoms with van der Waals surface area (Å²) >= 11 is 5.75. The first-order valence-corrected chi connectivity index (χ1v) is 7.85. The third kappa shape index (κ3) is 3.26. The highest BCUT2D eigenvalue weighted by Crippen LogP contribution is 2.31. The van der Waals surface area contributed by atoms with E-state index in [4.69, 9.17) is 17.3 Å². The second-order valence-electron chi connectivity index (χ2n) is 4.84. The van der Waals surface area contributed by atoms with Crippen molar-refractivity contribution in [1.29, 1.82) is 0 Å². The van der Waals surface area contributed by atoms with Crippen LogP contribution in [0, 0.1) is 11.7 Å². The number of halogens is 3. The van der Waals surface area contributed by atoms with Crippen molar-refractivity contribution in [3.63, 3.8) is 0 Å². The number of benzene rings is 1. The molecule has 0 saturated carbocycles. The van der Waals surface area contributed by atoms with Gasteiger partial charge in [-0.05, 0) is 44.0 Å². The zero-order valence-corrected chi connectivity index (χ0v) is 13.3. The van der Waals surface area contributed by atoms with Gasteiger partial charge in [0.2, 0.25) is 10.0 Å². The number of rotatable bonds is 3. The fourth-order valence-electron chi connectivity index (χ4n) is 2.42. The van der Waals surface area contributed by atoms with Crippen LogP contribution in [-0.2, 0) is 10.0 Å². The van der Waals surface area contributed by atoms with Gasteiger partial charge in [-0.2, -0.15) is 4.31 Å². The fraction of sp³-hybridized carbons (Fsp3) is 0.500. The lowest BCUT2D eigenvalue weighted by Gasteiger charge is -2.21. The molecule has 0 aliphatic carbocycles. The molecule has 0 aromatic heterocycles. The Bertz CT molecular complexity index is 583. The Balaban J connectivity index is 0.00000200. The molecule has 1 saturated heterocycles. The molecule has 0 radical (unpaired) electrons. The zero-order chi connectivity index (χ0) is 14.2. The standard InChI is InChI=1S/C12H16ClFN2O2S.ClH/c1-8-4-9(6-15)7-16(8)19(17,18)12-5-10(13)2-3-11(12)14;/h2-3,5,8-9H,4,6-7,15H2,1H3;1H. The number of nitrogens with two attached hydrogens (primary N) is 1. The van der Waals surface area contributed by atoms with Gasteiger partial charge in [-0.25, -0.2) is 12.8 Å². The third-order valence-electron chi connectivity index (χ3n) is 3.42. The van der Waals surface area contributed by atoms with Crippen molar-refractivity contribution in [3.8, 4) is 0 Å². The van der Waals surface area contributed by atoms with E-state index in [9.17, 15) is 12.8 Å². The number of sulfonamides is 1. The van der Waals surface area contributed by atoms with E-state index in [0.717, 1.165) is 12.1 Å². The average Bonchev–Trinajstić information content (AvgIpc) is 2.74. The number of nitrogens with zero attached hydrogens (tertiary/aromatic N) is 1.